The fourth-order valence-corrected chi connectivity index (χ4v) is 2.36. The van der Waals surface area contributed by atoms with Gasteiger partial charge in [0.2, 0.25) is 0 Å². The zero-order valence-corrected chi connectivity index (χ0v) is 11.0. The molecule has 0 bridgehead atoms. The Bertz CT molecular complexity index is 715. The smallest absolute Gasteiger partial charge is 0.115 e. The number of fused-ring (bicyclic) bond motifs is 1. The maximum atomic E-state index is 4.43. The van der Waals surface area contributed by atoms with Gasteiger partial charge in [0.1, 0.15) is 6.33 Å². The molecule has 0 fully saturated rings. The highest BCUT2D eigenvalue weighted by Crippen LogP contribution is 2.31. The Morgan fingerprint density at radius 1 is 0.947 bits per heavy atom. The van der Waals surface area contributed by atoms with Crippen LogP contribution in [0.2, 0.25) is 0 Å². The Kier molecular flexibility index (Phi) is 2.95. The average Bonchev–Trinajstić information content (AvgIpc) is 2.46. The molecule has 0 aliphatic rings. The van der Waals surface area contributed by atoms with Gasteiger partial charge < -0.3 is 0 Å². The van der Waals surface area contributed by atoms with E-state index in [1.54, 1.807) is 6.33 Å². The Morgan fingerprint density at radius 3 is 2.68 bits per heavy atom. The molecule has 1 aromatic carbocycles. The van der Waals surface area contributed by atoms with Crippen molar-refractivity contribution in [1.82, 2.24) is 15.0 Å². The van der Waals surface area contributed by atoms with E-state index in [0.29, 0.717) is 5.92 Å². The normalized spacial score (nSPS) is 11.1. The van der Waals surface area contributed by atoms with Crippen molar-refractivity contribution in [3.8, 4) is 11.1 Å². The van der Waals surface area contributed by atoms with Crippen molar-refractivity contribution in [3.63, 3.8) is 0 Å². The predicted octanol–water partition coefficient (Wildman–Crippen LogP) is 3.82. The average molecular weight is 249 g/mol. The third-order valence-corrected chi connectivity index (χ3v) is 3.26. The fraction of sp³-hybridized carbons (Fsp3) is 0.188. The standard InChI is InChI=1S/C16H15N3/c1-11(2)16-15(9-18-10-19-16)14-5-3-4-12-8-17-7-6-13(12)14/h3-11H,1-2H3. The highest BCUT2D eigenvalue weighted by Gasteiger charge is 2.12. The van der Waals surface area contributed by atoms with Gasteiger partial charge in [0.05, 0.1) is 5.69 Å². The van der Waals surface area contributed by atoms with Gasteiger partial charge in [0.25, 0.3) is 0 Å². The Morgan fingerprint density at radius 2 is 1.84 bits per heavy atom. The molecule has 3 aromatic rings. The second-order valence-corrected chi connectivity index (χ2v) is 4.88. The molecule has 0 amide bonds. The number of pyridine rings is 1. The van der Waals surface area contributed by atoms with Crippen molar-refractivity contribution in [3.05, 3.63) is 54.9 Å². The monoisotopic (exact) mass is 249 g/mol. The van der Waals surface area contributed by atoms with Gasteiger partial charge in [-0.2, -0.15) is 0 Å². The van der Waals surface area contributed by atoms with Gasteiger partial charge in [-0.1, -0.05) is 32.0 Å². The number of nitrogens with zero attached hydrogens (tertiary/aromatic N) is 3. The first-order chi connectivity index (χ1) is 9.27. The highest BCUT2D eigenvalue weighted by atomic mass is 14.8. The van der Waals surface area contributed by atoms with Crippen molar-refractivity contribution >= 4 is 10.8 Å². The molecule has 0 saturated heterocycles. The first kappa shape index (κ1) is 11.8. The van der Waals surface area contributed by atoms with Crippen LogP contribution in [0.1, 0.15) is 25.5 Å². The number of hydrogen-bond acceptors (Lipinski definition) is 3. The van der Waals surface area contributed by atoms with Gasteiger partial charge in [-0.25, -0.2) is 9.97 Å². The molecule has 3 nitrogen and oxygen atoms in total. The quantitative estimate of drug-likeness (QED) is 0.693. The first-order valence-electron chi connectivity index (χ1n) is 6.40. The summed E-state index contributed by atoms with van der Waals surface area (Å²) in [4.78, 5) is 12.8. The largest absolute Gasteiger partial charge is 0.264 e. The SMILES string of the molecule is CC(C)c1ncncc1-c1cccc2cnccc12. The number of aromatic nitrogens is 3. The van der Waals surface area contributed by atoms with Crippen LogP contribution >= 0.6 is 0 Å². The summed E-state index contributed by atoms with van der Waals surface area (Å²) < 4.78 is 0. The van der Waals surface area contributed by atoms with Gasteiger partial charge in [0, 0.05) is 29.5 Å². The second kappa shape index (κ2) is 4.76. The minimum Gasteiger partial charge on any atom is -0.264 e. The fourth-order valence-electron chi connectivity index (χ4n) is 2.36. The van der Waals surface area contributed by atoms with E-state index in [-0.39, 0.29) is 0 Å². The molecule has 0 saturated carbocycles. The van der Waals surface area contributed by atoms with E-state index in [1.165, 1.54) is 10.9 Å². The molecule has 0 radical (unpaired) electrons. The van der Waals surface area contributed by atoms with Crippen LogP contribution in [-0.2, 0) is 0 Å². The van der Waals surface area contributed by atoms with E-state index in [0.717, 1.165) is 16.6 Å². The van der Waals surface area contributed by atoms with Gasteiger partial charge in [-0.05, 0) is 22.9 Å². The van der Waals surface area contributed by atoms with Crippen LogP contribution < -0.4 is 0 Å². The lowest BCUT2D eigenvalue weighted by Crippen LogP contribution is -1.98. The summed E-state index contributed by atoms with van der Waals surface area (Å²) in [5.74, 6) is 0.370. The lowest BCUT2D eigenvalue weighted by Gasteiger charge is -2.12. The van der Waals surface area contributed by atoms with E-state index >= 15 is 0 Å². The van der Waals surface area contributed by atoms with E-state index in [1.807, 2.05) is 24.7 Å². The Hall–Kier alpha value is -2.29. The number of rotatable bonds is 2. The number of benzene rings is 1. The van der Waals surface area contributed by atoms with Crippen LogP contribution in [0.5, 0.6) is 0 Å². The van der Waals surface area contributed by atoms with Crippen LogP contribution in [0.15, 0.2) is 49.2 Å². The highest BCUT2D eigenvalue weighted by molar-refractivity contribution is 5.96. The summed E-state index contributed by atoms with van der Waals surface area (Å²) in [6.07, 6.45) is 7.23. The van der Waals surface area contributed by atoms with Gasteiger partial charge in [-0.15, -0.1) is 0 Å². The van der Waals surface area contributed by atoms with Crippen LogP contribution in [0, 0.1) is 0 Å². The van der Waals surface area contributed by atoms with E-state index in [9.17, 15) is 0 Å². The van der Waals surface area contributed by atoms with Gasteiger partial charge in [-0.3, -0.25) is 4.98 Å². The molecule has 2 heterocycles. The topological polar surface area (TPSA) is 38.7 Å². The molecule has 0 spiro atoms. The zero-order chi connectivity index (χ0) is 13.2. The summed E-state index contributed by atoms with van der Waals surface area (Å²) in [5, 5.41) is 2.33. The van der Waals surface area contributed by atoms with Crippen LogP contribution in [0.3, 0.4) is 0 Å². The van der Waals surface area contributed by atoms with Crippen molar-refractivity contribution in [2.45, 2.75) is 19.8 Å². The molecule has 0 atom stereocenters. The molecule has 0 aliphatic carbocycles. The van der Waals surface area contributed by atoms with Crippen LogP contribution in [0.4, 0.5) is 0 Å². The van der Waals surface area contributed by atoms with E-state index in [2.05, 4.69) is 47.0 Å². The van der Waals surface area contributed by atoms with Crippen molar-refractivity contribution in [1.29, 1.82) is 0 Å². The first-order valence-corrected chi connectivity index (χ1v) is 6.40. The third kappa shape index (κ3) is 2.08. The molecule has 94 valence electrons. The van der Waals surface area contributed by atoms with Gasteiger partial charge >= 0.3 is 0 Å². The Labute approximate surface area is 112 Å². The molecule has 3 heteroatoms. The number of hydrogen-bond donors (Lipinski definition) is 0. The van der Waals surface area contributed by atoms with Gasteiger partial charge in [0.15, 0.2) is 0 Å². The van der Waals surface area contributed by atoms with Crippen molar-refractivity contribution < 1.29 is 0 Å². The summed E-state index contributed by atoms with van der Waals surface area (Å²) in [6.45, 7) is 4.30. The molecule has 2 aromatic heterocycles. The van der Waals surface area contributed by atoms with E-state index in [4.69, 9.17) is 0 Å². The summed E-state index contributed by atoms with van der Waals surface area (Å²) in [7, 11) is 0. The summed E-state index contributed by atoms with van der Waals surface area (Å²) in [5.41, 5.74) is 3.36. The molecule has 0 unspecified atom stereocenters. The van der Waals surface area contributed by atoms with E-state index < -0.39 is 0 Å². The maximum Gasteiger partial charge on any atom is 0.115 e. The van der Waals surface area contributed by atoms with Crippen LogP contribution in [0.25, 0.3) is 21.9 Å². The predicted molar refractivity (Wildman–Crippen MR) is 76.9 cm³/mol. The lowest BCUT2D eigenvalue weighted by atomic mass is 9.95. The zero-order valence-electron chi connectivity index (χ0n) is 11.0. The van der Waals surface area contributed by atoms with Crippen molar-refractivity contribution in [2.75, 3.05) is 0 Å². The summed E-state index contributed by atoms with van der Waals surface area (Å²) in [6, 6.07) is 8.29. The minimum absolute atomic E-state index is 0.370. The molecule has 19 heavy (non-hydrogen) atoms. The molecular formula is C16H15N3. The minimum atomic E-state index is 0.370. The molecule has 3 rings (SSSR count). The molecule has 0 N–H and O–H groups in total. The van der Waals surface area contributed by atoms with Crippen molar-refractivity contribution in [2.24, 2.45) is 0 Å². The second-order valence-electron chi connectivity index (χ2n) is 4.88. The molecular weight excluding hydrogens is 234 g/mol. The lowest BCUT2D eigenvalue weighted by molar-refractivity contribution is 0.817. The Balaban J connectivity index is 2.31. The third-order valence-electron chi connectivity index (χ3n) is 3.26. The molecule has 0 aliphatic heterocycles. The van der Waals surface area contributed by atoms with Crippen LogP contribution in [-0.4, -0.2) is 15.0 Å². The maximum absolute atomic E-state index is 4.43. The summed E-state index contributed by atoms with van der Waals surface area (Å²) >= 11 is 0.